The molecule has 2 aromatic carbocycles. The number of carbonyl (C=O) groups excluding carboxylic acids is 1. The number of carbonyl (C=O) groups is 2. The van der Waals surface area contributed by atoms with E-state index in [1.165, 1.54) is 0 Å². The molecule has 0 aliphatic carbocycles. The molecule has 0 saturated carbocycles. The Bertz CT molecular complexity index is 1090. The third-order valence-electron chi connectivity index (χ3n) is 4.28. The van der Waals surface area contributed by atoms with Gasteiger partial charge < -0.3 is 21.5 Å². The van der Waals surface area contributed by atoms with Crippen LogP contribution in [0.25, 0.3) is 10.9 Å². The zero-order valence-electron chi connectivity index (χ0n) is 15.6. The molecular weight excluding hydrogens is 374 g/mol. The van der Waals surface area contributed by atoms with Gasteiger partial charge in [0, 0.05) is 30.8 Å². The second kappa shape index (κ2) is 8.87. The lowest BCUT2D eigenvalue weighted by atomic mass is 10.1. The lowest BCUT2D eigenvalue weighted by molar-refractivity contribution is -0.137. The van der Waals surface area contributed by atoms with Gasteiger partial charge in [-0.15, -0.1) is 0 Å². The quantitative estimate of drug-likeness (QED) is 0.364. The van der Waals surface area contributed by atoms with Crippen molar-refractivity contribution in [2.24, 2.45) is 0 Å². The molecule has 0 aliphatic rings. The number of nitrogens with two attached hydrogens (primary N) is 1. The van der Waals surface area contributed by atoms with E-state index in [0.717, 1.165) is 11.3 Å². The average molecular weight is 395 g/mol. The van der Waals surface area contributed by atoms with E-state index in [1.807, 2.05) is 6.07 Å². The van der Waals surface area contributed by atoms with E-state index in [1.54, 1.807) is 36.4 Å². The van der Waals surface area contributed by atoms with E-state index in [9.17, 15) is 14.4 Å². The number of hydrogen-bond acceptors (Lipinski definition) is 6. The maximum Gasteiger partial charge on any atom is 0.303 e. The number of benzene rings is 2. The van der Waals surface area contributed by atoms with Gasteiger partial charge in [0.1, 0.15) is 0 Å². The predicted octanol–water partition coefficient (Wildman–Crippen LogP) is 1.71. The average Bonchev–Trinajstić information content (AvgIpc) is 2.70. The number of rotatable bonds is 8. The third kappa shape index (κ3) is 5.32. The van der Waals surface area contributed by atoms with E-state index < -0.39 is 5.97 Å². The number of H-pyrrole nitrogens is 1. The number of fused-ring (bicyclic) bond motifs is 1. The number of hydrogen-bond donors (Lipinski definition) is 5. The third-order valence-corrected chi connectivity index (χ3v) is 4.28. The van der Waals surface area contributed by atoms with Crippen molar-refractivity contribution in [3.63, 3.8) is 0 Å². The molecule has 150 valence electrons. The Morgan fingerprint density at radius 3 is 2.62 bits per heavy atom. The molecule has 0 spiro atoms. The summed E-state index contributed by atoms with van der Waals surface area (Å²) < 4.78 is 0. The number of carboxylic acids is 1. The van der Waals surface area contributed by atoms with E-state index in [0.29, 0.717) is 36.0 Å². The van der Waals surface area contributed by atoms with Gasteiger partial charge in [0.15, 0.2) is 0 Å². The number of amides is 1. The predicted molar refractivity (Wildman–Crippen MR) is 110 cm³/mol. The van der Waals surface area contributed by atoms with Crippen LogP contribution in [-0.2, 0) is 11.3 Å². The first-order valence-corrected chi connectivity index (χ1v) is 9.05. The van der Waals surface area contributed by atoms with Crippen LogP contribution in [0, 0.1) is 0 Å². The Labute approximate surface area is 166 Å². The summed E-state index contributed by atoms with van der Waals surface area (Å²) in [6, 6.07) is 12.3. The molecule has 0 saturated heterocycles. The summed E-state index contributed by atoms with van der Waals surface area (Å²) in [5.74, 6) is -1.05. The molecule has 6 N–H and O–H groups in total. The van der Waals surface area contributed by atoms with Crippen molar-refractivity contribution in [2.45, 2.75) is 19.4 Å². The Hall–Kier alpha value is -3.88. The Kier molecular flexibility index (Phi) is 6.08. The molecule has 0 radical (unpaired) electrons. The lowest BCUT2D eigenvalue weighted by Gasteiger charge is -2.09. The van der Waals surface area contributed by atoms with Crippen molar-refractivity contribution < 1.29 is 14.7 Å². The highest BCUT2D eigenvalue weighted by molar-refractivity contribution is 5.94. The van der Waals surface area contributed by atoms with Gasteiger partial charge in [-0.3, -0.25) is 19.4 Å². The van der Waals surface area contributed by atoms with E-state index in [2.05, 4.69) is 20.6 Å². The summed E-state index contributed by atoms with van der Waals surface area (Å²) in [7, 11) is 0. The number of aliphatic carboxylic acids is 1. The molecule has 9 heteroatoms. The smallest absolute Gasteiger partial charge is 0.303 e. The first-order chi connectivity index (χ1) is 13.9. The molecule has 0 aliphatic heterocycles. The first-order valence-electron chi connectivity index (χ1n) is 9.05. The molecular formula is C20H21N5O4. The van der Waals surface area contributed by atoms with Crippen LogP contribution in [0.4, 0.5) is 11.6 Å². The molecule has 0 fully saturated rings. The van der Waals surface area contributed by atoms with Gasteiger partial charge in [0.2, 0.25) is 5.95 Å². The monoisotopic (exact) mass is 395 g/mol. The van der Waals surface area contributed by atoms with Crippen molar-refractivity contribution in [1.82, 2.24) is 15.3 Å². The summed E-state index contributed by atoms with van der Waals surface area (Å²) in [5.41, 5.74) is 8.00. The van der Waals surface area contributed by atoms with Crippen molar-refractivity contribution in [3.8, 4) is 0 Å². The van der Waals surface area contributed by atoms with Crippen molar-refractivity contribution in [3.05, 3.63) is 63.9 Å². The van der Waals surface area contributed by atoms with Crippen LogP contribution in [-0.4, -0.2) is 33.5 Å². The number of nitrogen functional groups attached to an aromatic ring is 1. The highest BCUT2D eigenvalue weighted by atomic mass is 16.4. The van der Waals surface area contributed by atoms with Gasteiger partial charge in [0.25, 0.3) is 11.5 Å². The second-order valence-corrected chi connectivity index (χ2v) is 6.49. The van der Waals surface area contributed by atoms with E-state index in [-0.39, 0.29) is 23.8 Å². The molecule has 0 atom stereocenters. The normalized spacial score (nSPS) is 10.6. The molecule has 3 rings (SSSR count). The van der Waals surface area contributed by atoms with Crippen LogP contribution in [0.1, 0.15) is 28.8 Å². The number of carboxylic acid groups (broad SMARTS) is 1. The van der Waals surface area contributed by atoms with Crippen molar-refractivity contribution in [1.29, 1.82) is 0 Å². The van der Waals surface area contributed by atoms with Crippen molar-refractivity contribution >= 4 is 34.4 Å². The summed E-state index contributed by atoms with van der Waals surface area (Å²) in [6.45, 7) is 0.799. The number of nitrogens with one attached hydrogen (secondary N) is 3. The van der Waals surface area contributed by atoms with Crippen LogP contribution in [0.3, 0.4) is 0 Å². The summed E-state index contributed by atoms with van der Waals surface area (Å²) in [5, 5.41) is 15.0. The van der Waals surface area contributed by atoms with Crippen LogP contribution < -0.4 is 21.9 Å². The minimum atomic E-state index is -0.883. The molecule has 1 aromatic heterocycles. The molecule has 29 heavy (non-hydrogen) atoms. The first kappa shape index (κ1) is 19.9. The van der Waals surface area contributed by atoms with Gasteiger partial charge in [0.05, 0.1) is 10.9 Å². The number of anilines is 2. The molecule has 1 heterocycles. The SMILES string of the molecule is Nc1nc2ccc(CNc3ccc(C(=O)NCCCC(=O)O)cc3)cc2c(=O)[nH]1. The standard InChI is InChI=1S/C20H21N5O4/c21-20-24-16-8-3-12(10-15(16)19(29)25-20)11-23-14-6-4-13(5-7-14)18(28)22-9-1-2-17(26)27/h3-8,10,23H,1-2,9,11H2,(H,22,28)(H,26,27)(H3,21,24,25,29). The van der Waals surface area contributed by atoms with Crippen LogP contribution in [0.5, 0.6) is 0 Å². The van der Waals surface area contributed by atoms with Gasteiger partial charge in [-0.2, -0.15) is 0 Å². The van der Waals surface area contributed by atoms with Gasteiger partial charge in [-0.1, -0.05) is 6.07 Å². The fourth-order valence-corrected chi connectivity index (χ4v) is 2.80. The maximum atomic E-state index is 12.0. The molecule has 1 amide bonds. The Balaban J connectivity index is 1.57. The summed E-state index contributed by atoms with van der Waals surface area (Å²) in [4.78, 5) is 41.1. The largest absolute Gasteiger partial charge is 0.481 e. The Morgan fingerprint density at radius 1 is 1.14 bits per heavy atom. The number of nitrogens with zero attached hydrogens (tertiary/aromatic N) is 1. The minimum Gasteiger partial charge on any atom is -0.481 e. The molecule has 0 unspecified atom stereocenters. The van der Waals surface area contributed by atoms with Gasteiger partial charge >= 0.3 is 5.97 Å². The topological polar surface area (TPSA) is 150 Å². The van der Waals surface area contributed by atoms with Gasteiger partial charge in [-0.05, 0) is 48.4 Å². The Morgan fingerprint density at radius 2 is 1.90 bits per heavy atom. The van der Waals surface area contributed by atoms with Crippen LogP contribution in [0.15, 0.2) is 47.3 Å². The molecule has 3 aromatic rings. The highest BCUT2D eigenvalue weighted by Crippen LogP contribution is 2.14. The second-order valence-electron chi connectivity index (χ2n) is 6.49. The van der Waals surface area contributed by atoms with Crippen LogP contribution in [0.2, 0.25) is 0 Å². The van der Waals surface area contributed by atoms with E-state index >= 15 is 0 Å². The zero-order chi connectivity index (χ0) is 20.8. The van der Waals surface area contributed by atoms with Crippen LogP contribution >= 0.6 is 0 Å². The number of aromatic amines is 1. The fraction of sp³-hybridized carbons (Fsp3) is 0.200. The lowest BCUT2D eigenvalue weighted by Crippen LogP contribution is -2.24. The van der Waals surface area contributed by atoms with Crippen molar-refractivity contribution in [2.75, 3.05) is 17.6 Å². The highest BCUT2D eigenvalue weighted by Gasteiger charge is 2.06. The maximum absolute atomic E-state index is 12.0. The fourth-order valence-electron chi connectivity index (χ4n) is 2.80. The number of aromatic nitrogens is 2. The minimum absolute atomic E-state index is 0.0211. The molecule has 0 bridgehead atoms. The zero-order valence-corrected chi connectivity index (χ0v) is 15.6. The van der Waals surface area contributed by atoms with Gasteiger partial charge in [-0.25, -0.2) is 4.98 Å². The summed E-state index contributed by atoms with van der Waals surface area (Å²) >= 11 is 0. The molecule has 9 nitrogen and oxygen atoms in total. The summed E-state index contributed by atoms with van der Waals surface area (Å²) in [6.07, 6.45) is 0.407. The van der Waals surface area contributed by atoms with E-state index in [4.69, 9.17) is 10.8 Å².